The lowest BCUT2D eigenvalue weighted by molar-refractivity contribution is 0.122. The van der Waals surface area contributed by atoms with E-state index in [9.17, 15) is 4.79 Å². The maximum atomic E-state index is 12.5. The van der Waals surface area contributed by atoms with Crippen LogP contribution in [0.15, 0.2) is 54.9 Å². The number of rotatable bonds is 6. The number of aromatic amines is 1. The van der Waals surface area contributed by atoms with Crippen LogP contribution in [0.4, 0.5) is 22.1 Å². The van der Waals surface area contributed by atoms with Crippen molar-refractivity contribution in [3.8, 4) is 17.3 Å². The third-order valence-electron chi connectivity index (χ3n) is 6.48. The predicted octanol–water partition coefficient (Wildman–Crippen LogP) is 5.17. The number of nitrogens with zero attached hydrogens (tertiary/aromatic N) is 6. The number of nitrogens with one attached hydrogen (secondary N) is 3. The van der Waals surface area contributed by atoms with Crippen LogP contribution in [0, 0.1) is 0 Å². The highest BCUT2D eigenvalue weighted by molar-refractivity contribution is 6.99. The van der Waals surface area contributed by atoms with Crippen LogP contribution >= 0.6 is 11.7 Å². The van der Waals surface area contributed by atoms with E-state index in [4.69, 9.17) is 9.47 Å². The normalized spacial score (nSPS) is 13.9. The number of H-pyrrole nitrogens is 1. The highest BCUT2D eigenvalue weighted by Gasteiger charge is 2.21. The Labute approximate surface area is 234 Å². The zero-order chi connectivity index (χ0) is 27.7. The molecule has 0 spiro atoms. The number of imidazole rings is 1. The lowest BCUT2D eigenvalue weighted by Crippen LogP contribution is -2.36. The van der Waals surface area contributed by atoms with Crippen molar-refractivity contribution in [3.63, 3.8) is 0 Å². The average Bonchev–Trinajstić information content (AvgIpc) is 3.69. The van der Waals surface area contributed by atoms with Crippen LogP contribution in [0.25, 0.3) is 16.7 Å². The molecule has 1 aliphatic heterocycles. The molecule has 6 rings (SSSR count). The van der Waals surface area contributed by atoms with Crippen LogP contribution in [0.3, 0.4) is 0 Å². The first-order valence-corrected chi connectivity index (χ1v) is 13.6. The molecule has 206 valence electrons. The number of aromatic nitrogens is 6. The molecule has 2 amide bonds. The van der Waals surface area contributed by atoms with Crippen molar-refractivity contribution in [1.82, 2.24) is 28.5 Å². The van der Waals surface area contributed by atoms with Crippen LogP contribution < -0.4 is 20.3 Å². The van der Waals surface area contributed by atoms with Crippen LogP contribution in [0.1, 0.15) is 26.5 Å². The number of ether oxygens (including phenoxy) is 2. The van der Waals surface area contributed by atoms with Gasteiger partial charge in [0.2, 0.25) is 5.82 Å². The van der Waals surface area contributed by atoms with Gasteiger partial charge in [0.25, 0.3) is 5.88 Å². The van der Waals surface area contributed by atoms with Gasteiger partial charge in [-0.2, -0.15) is 9.47 Å². The second kappa shape index (κ2) is 10.6. The molecule has 0 saturated carbocycles. The predicted molar refractivity (Wildman–Crippen MR) is 154 cm³/mol. The number of urea groups is 1. The number of carbonyl (C=O) groups excluding carboxylic acids is 1. The summed E-state index contributed by atoms with van der Waals surface area (Å²) in [6.45, 7) is 9.02. The summed E-state index contributed by atoms with van der Waals surface area (Å²) < 4.78 is 22.3. The summed E-state index contributed by atoms with van der Waals surface area (Å²) in [7, 11) is 0. The summed E-state index contributed by atoms with van der Waals surface area (Å²) >= 11 is 1.13. The van der Waals surface area contributed by atoms with Gasteiger partial charge in [-0.05, 0) is 36.4 Å². The summed E-state index contributed by atoms with van der Waals surface area (Å²) in [6.07, 6.45) is 1.76. The monoisotopic (exact) mass is 559 g/mol. The molecule has 1 fully saturated rings. The molecule has 0 aliphatic carbocycles. The number of amides is 2. The lowest BCUT2D eigenvalue weighted by atomic mass is 9.92. The molecule has 3 N–H and O–H groups in total. The smallest absolute Gasteiger partial charge is 0.324 e. The van der Waals surface area contributed by atoms with Crippen molar-refractivity contribution >= 4 is 46.1 Å². The standard InChI is InChI=1S/C27H29N9O3S/c1-27(2,3)22-15-23(32-31-22)30-26(37)29-17-4-6-18(7-5-17)36-16-28-20-14-19(8-9-21(20)36)39-25-24(33-40-34-25)35-10-12-38-13-11-35/h4-9,14-16H,10-13H2,1-3H3,(H3,29,30,31,32,37). The van der Waals surface area contributed by atoms with Crippen molar-refractivity contribution in [2.24, 2.45) is 0 Å². The third-order valence-corrected chi connectivity index (χ3v) is 6.99. The molecule has 0 radical (unpaired) electrons. The SMILES string of the molecule is CC(C)(C)c1cc(NC(=O)Nc2ccc(-n3cnc4cc(Oc5nsnc5N5CCOCC5)ccc43)cc2)[nH]n1. The number of carbonyl (C=O) groups is 1. The number of anilines is 3. The van der Waals surface area contributed by atoms with Crippen LogP contribution in [-0.4, -0.2) is 60.8 Å². The number of fused-ring (bicyclic) bond motifs is 1. The maximum absolute atomic E-state index is 12.5. The van der Waals surface area contributed by atoms with E-state index in [1.165, 1.54) is 0 Å². The van der Waals surface area contributed by atoms with E-state index in [2.05, 4.69) is 60.2 Å². The maximum Gasteiger partial charge on any atom is 0.324 e. The van der Waals surface area contributed by atoms with Crippen molar-refractivity contribution in [1.29, 1.82) is 0 Å². The highest BCUT2D eigenvalue weighted by atomic mass is 32.1. The Morgan fingerprint density at radius 2 is 1.85 bits per heavy atom. The third kappa shape index (κ3) is 5.46. The van der Waals surface area contributed by atoms with Gasteiger partial charge in [-0.1, -0.05) is 20.8 Å². The van der Waals surface area contributed by atoms with Gasteiger partial charge in [-0.15, -0.1) is 4.37 Å². The number of hydrogen-bond donors (Lipinski definition) is 3. The molecular formula is C27H29N9O3S. The second-order valence-electron chi connectivity index (χ2n) is 10.4. The summed E-state index contributed by atoms with van der Waals surface area (Å²) in [6, 6.07) is 14.7. The van der Waals surface area contributed by atoms with Gasteiger partial charge in [0, 0.05) is 42.0 Å². The first kappa shape index (κ1) is 25.8. The highest BCUT2D eigenvalue weighted by Crippen LogP contribution is 2.32. The summed E-state index contributed by atoms with van der Waals surface area (Å²) in [5.41, 5.74) is 4.03. The molecule has 12 nitrogen and oxygen atoms in total. The van der Waals surface area contributed by atoms with Crippen molar-refractivity contribution in [3.05, 3.63) is 60.6 Å². The van der Waals surface area contributed by atoms with E-state index in [1.54, 1.807) is 6.33 Å². The van der Waals surface area contributed by atoms with Gasteiger partial charge in [0.1, 0.15) is 17.9 Å². The molecule has 4 heterocycles. The zero-order valence-corrected chi connectivity index (χ0v) is 23.2. The Morgan fingerprint density at radius 3 is 2.60 bits per heavy atom. The first-order valence-electron chi connectivity index (χ1n) is 12.9. The van der Waals surface area contributed by atoms with Crippen LogP contribution in [-0.2, 0) is 10.2 Å². The van der Waals surface area contributed by atoms with Gasteiger partial charge < -0.3 is 19.7 Å². The summed E-state index contributed by atoms with van der Waals surface area (Å²) in [5.74, 6) is 2.40. The fraction of sp³-hybridized carbons (Fsp3) is 0.296. The Balaban J connectivity index is 1.12. The van der Waals surface area contributed by atoms with Crippen molar-refractivity contribution in [2.75, 3.05) is 41.8 Å². The van der Waals surface area contributed by atoms with Crippen molar-refractivity contribution in [2.45, 2.75) is 26.2 Å². The quantitative estimate of drug-likeness (QED) is 0.259. The van der Waals surface area contributed by atoms with Gasteiger partial charge in [-0.3, -0.25) is 15.0 Å². The van der Waals surface area contributed by atoms with E-state index in [1.807, 2.05) is 53.1 Å². The molecular weight excluding hydrogens is 530 g/mol. The molecule has 40 heavy (non-hydrogen) atoms. The first-order chi connectivity index (χ1) is 19.3. The lowest BCUT2D eigenvalue weighted by Gasteiger charge is -2.26. The minimum Gasteiger partial charge on any atom is -0.435 e. The van der Waals surface area contributed by atoms with E-state index < -0.39 is 0 Å². The Bertz CT molecular complexity index is 1630. The molecule has 5 aromatic rings. The average molecular weight is 560 g/mol. The molecule has 1 aliphatic rings. The Kier molecular flexibility index (Phi) is 6.82. The van der Waals surface area contributed by atoms with Crippen molar-refractivity contribution < 1.29 is 14.3 Å². The van der Waals surface area contributed by atoms with Gasteiger partial charge >= 0.3 is 6.03 Å². The summed E-state index contributed by atoms with van der Waals surface area (Å²) in [5, 5.41) is 12.7. The fourth-order valence-corrected chi connectivity index (χ4v) is 4.85. The molecule has 2 aromatic carbocycles. The Hall–Kier alpha value is -4.49. The molecule has 0 atom stereocenters. The molecule has 13 heteroatoms. The minimum absolute atomic E-state index is 0.111. The molecule has 0 unspecified atom stereocenters. The largest absolute Gasteiger partial charge is 0.435 e. The van der Waals surface area contributed by atoms with E-state index in [-0.39, 0.29) is 11.4 Å². The van der Waals surface area contributed by atoms with Gasteiger partial charge in [-0.25, -0.2) is 9.78 Å². The van der Waals surface area contributed by atoms with Crippen LogP contribution in [0.5, 0.6) is 11.6 Å². The van der Waals surface area contributed by atoms with Gasteiger partial charge in [0.05, 0.1) is 41.7 Å². The zero-order valence-electron chi connectivity index (χ0n) is 22.3. The minimum atomic E-state index is -0.357. The number of benzene rings is 2. The van der Waals surface area contributed by atoms with Gasteiger partial charge in [0.15, 0.2) is 0 Å². The summed E-state index contributed by atoms with van der Waals surface area (Å²) in [4.78, 5) is 19.2. The number of hydrogen-bond acceptors (Lipinski definition) is 9. The Morgan fingerprint density at radius 1 is 1.05 bits per heavy atom. The fourth-order valence-electron chi connectivity index (χ4n) is 4.34. The molecule has 3 aromatic heterocycles. The number of morpholine rings is 1. The second-order valence-corrected chi connectivity index (χ2v) is 10.9. The topological polar surface area (TPSA) is 135 Å². The van der Waals surface area contributed by atoms with E-state index in [0.29, 0.717) is 36.3 Å². The van der Waals surface area contributed by atoms with E-state index >= 15 is 0 Å². The van der Waals surface area contributed by atoms with Crippen LogP contribution in [0.2, 0.25) is 0 Å². The molecule has 1 saturated heterocycles. The molecule has 0 bridgehead atoms. The van der Waals surface area contributed by atoms with E-state index in [0.717, 1.165) is 53.1 Å².